The molecule has 0 aliphatic heterocycles. The van der Waals surface area contributed by atoms with Gasteiger partial charge in [0.2, 0.25) is 0 Å². The molecule has 0 aromatic rings. The number of allylic oxidation sites excluding steroid dienone is 4. The molecule has 0 radical (unpaired) electrons. The van der Waals surface area contributed by atoms with Gasteiger partial charge in [0.05, 0.1) is 5.97 Å². The summed E-state index contributed by atoms with van der Waals surface area (Å²) in [6.07, 6.45) is 23.6. The Labute approximate surface area is 230 Å². The van der Waals surface area contributed by atoms with E-state index in [4.69, 9.17) is 0 Å². The molecule has 0 amide bonds. The van der Waals surface area contributed by atoms with Gasteiger partial charge in [0.15, 0.2) is 0 Å². The molecule has 0 spiro atoms. The van der Waals surface area contributed by atoms with Crippen LogP contribution in [0.1, 0.15) is 105 Å². The fourth-order valence-electron chi connectivity index (χ4n) is 3.41. The quantitative estimate of drug-likeness (QED) is 0.164. The number of carboxylic acids is 1. The molecule has 0 N–H and O–H groups in total. The summed E-state index contributed by atoms with van der Waals surface area (Å²) < 4.78 is 0. The predicted octanol–water partition coefficient (Wildman–Crippen LogP) is 3.15. The summed E-state index contributed by atoms with van der Waals surface area (Å²) in [5.41, 5.74) is 0. The van der Waals surface area contributed by atoms with Gasteiger partial charge in [-0.15, -0.1) is 0 Å². The zero-order chi connectivity index (χ0) is 21.7. The Bertz CT molecular complexity index is 405. The number of nitrogens with zero attached hydrogens (tertiary/aromatic N) is 1. The number of carbonyl (C=O) groups is 1. The average molecular weight is 446 g/mol. The van der Waals surface area contributed by atoms with Crippen LogP contribution in [0, 0.1) is 11.8 Å². The smallest absolute Gasteiger partial charge is 0.549 e. The van der Waals surface area contributed by atoms with Gasteiger partial charge < -0.3 is 9.90 Å². The van der Waals surface area contributed by atoms with Gasteiger partial charge in [-0.25, -0.2) is 0 Å². The number of carbonyl (C=O) groups excluding carboxylic acids is 1. The van der Waals surface area contributed by atoms with Crippen LogP contribution in [-0.4, -0.2) is 30.5 Å². The zero-order valence-electron chi connectivity index (χ0n) is 20.8. The first-order valence-corrected chi connectivity index (χ1v) is 12.2. The van der Waals surface area contributed by atoms with Crippen LogP contribution in [0.5, 0.6) is 0 Å². The Kier molecular flexibility index (Phi) is 26.4. The molecule has 0 bridgehead atoms. The van der Waals surface area contributed by atoms with Crippen molar-refractivity contribution >= 4 is 5.97 Å². The van der Waals surface area contributed by atoms with Crippen molar-refractivity contribution in [2.24, 2.45) is 11.8 Å². The van der Waals surface area contributed by atoms with Gasteiger partial charge in [-0.1, -0.05) is 77.7 Å². The van der Waals surface area contributed by atoms with E-state index in [9.17, 15) is 9.90 Å². The van der Waals surface area contributed by atoms with Crippen molar-refractivity contribution in [1.29, 1.82) is 0 Å². The Morgan fingerprint density at radius 3 is 1.60 bits per heavy atom. The number of aliphatic carboxylic acids is 1. The largest absolute Gasteiger partial charge is 1.00 e. The van der Waals surface area contributed by atoms with E-state index in [1.807, 2.05) is 0 Å². The van der Waals surface area contributed by atoms with E-state index < -0.39 is 5.97 Å². The number of hydrogen-bond donors (Lipinski definition) is 0. The van der Waals surface area contributed by atoms with Crippen LogP contribution in [-0.2, 0) is 4.79 Å². The molecule has 0 fully saturated rings. The summed E-state index contributed by atoms with van der Waals surface area (Å²) in [4.78, 5) is 13.2. The fraction of sp³-hybridized carbons (Fsp3) is 0.808. The van der Waals surface area contributed by atoms with Gasteiger partial charge in [0.25, 0.3) is 0 Å². The first-order chi connectivity index (χ1) is 14.0. The van der Waals surface area contributed by atoms with Crippen molar-refractivity contribution < 1.29 is 61.3 Å². The molecule has 0 saturated carbocycles. The number of hydrogen-bond acceptors (Lipinski definition) is 3. The molecule has 0 aliphatic rings. The van der Waals surface area contributed by atoms with Crippen LogP contribution in [0.4, 0.5) is 0 Å². The van der Waals surface area contributed by atoms with E-state index in [1.165, 1.54) is 51.4 Å². The molecule has 0 aromatic heterocycles. The molecule has 0 aliphatic carbocycles. The van der Waals surface area contributed by atoms with E-state index in [0.29, 0.717) is 11.8 Å². The monoisotopic (exact) mass is 445 g/mol. The minimum Gasteiger partial charge on any atom is -0.549 e. The number of rotatable bonds is 20. The van der Waals surface area contributed by atoms with Crippen molar-refractivity contribution in [2.45, 2.75) is 105 Å². The van der Waals surface area contributed by atoms with Crippen molar-refractivity contribution in [1.82, 2.24) is 4.90 Å². The molecular weight excluding hydrogens is 397 g/mol. The second-order valence-corrected chi connectivity index (χ2v) is 8.84. The van der Waals surface area contributed by atoms with Gasteiger partial charge in [0.1, 0.15) is 0 Å². The maximum absolute atomic E-state index is 11.1. The summed E-state index contributed by atoms with van der Waals surface area (Å²) in [5.74, 6) is 0.215. The second kappa shape index (κ2) is 24.2. The van der Waals surface area contributed by atoms with Gasteiger partial charge in [-0.05, 0) is 76.3 Å². The van der Waals surface area contributed by atoms with Gasteiger partial charge >= 0.3 is 51.4 Å². The minimum atomic E-state index is -0.961. The standard InChI is InChI=1S/C26H49NO2.K/c1-5-7-9-11-13-15-17-24(3)19-21-27(23-26(28)29)22-20-25(4)18-16-14-12-10-8-6-2;/h13-16,24-25H,5-12,17-23H2,1-4H3,(H,28,29);/q;+1/p-1/b15-13+,16-14+;. The average Bonchev–Trinajstić information content (AvgIpc) is 2.69. The first-order valence-electron chi connectivity index (χ1n) is 12.2. The van der Waals surface area contributed by atoms with Crippen LogP contribution in [0.15, 0.2) is 24.3 Å². The zero-order valence-corrected chi connectivity index (χ0v) is 24.0. The topological polar surface area (TPSA) is 43.4 Å². The predicted molar refractivity (Wildman–Crippen MR) is 125 cm³/mol. The molecular formula is C26H48KNO2. The first kappa shape index (κ1) is 32.7. The van der Waals surface area contributed by atoms with E-state index in [0.717, 1.165) is 38.8 Å². The fourth-order valence-corrected chi connectivity index (χ4v) is 3.41. The maximum Gasteiger partial charge on any atom is 1.00 e. The van der Waals surface area contributed by atoms with Gasteiger partial charge in [0, 0.05) is 6.54 Å². The Morgan fingerprint density at radius 2 is 1.23 bits per heavy atom. The summed E-state index contributed by atoms with van der Waals surface area (Å²) in [6.45, 7) is 10.7. The van der Waals surface area contributed by atoms with Crippen molar-refractivity contribution in [3.63, 3.8) is 0 Å². The molecule has 0 heterocycles. The van der Waals surface area contributed by atoms with Crippen LogP contribution >= 0.6 is 0 Å². The molecule has 4 heteroatoms. The molecule has 30 heavy (non-hydrogen) atoms. The third-order valence-electron chi connectivity index (χ3n) is 5.59. The third-order valence-corrected chi connectivity index (χ3v) is 5.59. The molecule has 2 unspecified atom stereocenters. The van der Waals surface area contributed by atoms with Gasteiger partial charge in [-0.2, -0.15) is 0 Å². The Morgan fingerprint density at radius 1 is 0.800 bits per heavy atom. The van der Waals surface area contributed by atoms with E-state index in [2.05, 4.69) is 56.9 Å². The molecule has 3 nitrogen and oxygen atoms in total. The molecule has 0 aromatic carbocycles. The van der Waals surface area contributed by atoms with Crippen LogP contribution in [0.3, 0.4) is 0 Å². The molecule has 0 rings (SSSR count). The van der Waals surface area contributed by atoms with E-state index >= 15 is 0 Å². The van der Waals surface area contributed by atoms with Crippen LogP contribution in [0.2, 0.25) is 0 Å². The van der Waals surface area contributed by atoms with Crippen molar-refractivity contribution in [3.05, 3.63) is 24.3 Å². The van der Waals surface area contributed by atoms with Crippen molar-refractivity contribution in [2.75, 3.05) is 19.6 Å². The molecule has 170 valence electrons. The Hall–Kier alpha value is 0.546. The van der Waals surface area contributed by atoms with Gasteiger partial charge in [-0.3, -0.25) is 4.90 Å². The maximum atomic E-state index is 11.1. The number of unbranched alkanes of at least 4 members (excludes halogenated alkanes) is 6. The summed E-state index contributed by atoms with van der Waals surface area (Å²) in [5, 5.41) is 11.1. The Balaban J connectivity index is 0. The second-order valence-electron chi connectivity index (χ2n) is 8.84. The normalized spacial score (nSPS) is 13.8. The molecule has 0 saturated heterocycles. The molecule has 2 atom stereocenters. The van der Waals surface area contributed by atoms with E-state index in [1.54, 1.807) is 0 Å². The summed E-state index contributed by atoms with van der Waals surface area (Å²) >= 11 is 0. The summed E-state index contributed by atoms with van der Waals surface area (Å²) in [6, 6.07) is 0. The van der Waals surface area contributed by atoms with E-state index in [-0.39, 0.29) is 57.9 Å². The minimum absolute atomic E-state index is 0. The third kappa shape index (κ3) is 23.2. The number of carboxylic acid groups (broad SMARTS) is 1. The van der Waals surface area contributed by atoms with Crippen molar-refractivity contribution in [3.8, 4) is 0 Å². The SMILES string of the molecule is CCCCC/C=C/CC(C)CCN(CCC(C)C/C=C/CCCCC)CC(=O)[O-].[K+]. The van der Waals surface area contributed by atoms with Crippen LogP contribution in [0.25, 0.3) is 0 Å². The summed E-state index contributed by atoms with van der Waals surface area (Å²) in [7, 11) is 0. The van der Waals surface area contributed by atoms with Crippen LogP contribution < -0.4 is 56.5 Å².